The number of rotatable bonds is 5. The lowest BCUT2D eigenvalue weighted by Crippen LogP contribution is -2.20. The molecule has 0 aliphatic carbocycles. The molecular formula is C11H15N2O. The van der Waals surface area contributed by atoms with Gasteiger partial charge in [0.2, 0.25) is 0 Å². The highest BCUT2D eigenvalue weighted by Gasteiger charge is 2.14. The van der Waals surface area contributed by atoms with Crippen molar-refractivity contribution < 1.29 is 4.74 Å². The lowest BCUT2D eigenvalue weighted by atomic mass is 9.98. The Bertz CT molecular complexity index is 285. The van der Waals surface area contributed by atoms with Crippen LogP contribution in [0, 0.1) is 17.4 Å². The summed E-state index contributed by atoms with van der Waals surface area (Å²) in [7, 11) is 1.65. The van der Waals surface area contributed by atoms with Crippen LogP contribution in [0.3, 0.4) is 0 Å². The Morgan fingerprint density at radius 1 is 1.71 bits per heavy atom. The van der Waals surface area contributed by atoms with Crippen LogP contribution in [0.2, 0.25) is 0 Å². The Kier molecular flexibility index (Phi) is 4.26. The maximum absolute atomic E-state index is 7.93. The molecule has 1 radical (unpaired) electrons. The number of ether oxygens (including phenoxy) is 1. The monoisotopic (exact) mass is 191 g/mol. The van der Waals surface area contributed by atoms with Gasteiger partial charge in [0.15, 0.2) is 0 Å². The van der Waals surface area contributed by atoms with E-state index >= 15 is 0 Å². The second kappa shape index (κ2) is 5.50. The second-order valence-corrected chi connectivity index (χ2v) is 3.12. The zero-order valence-electron chi connectivity index (χ0n) is 8.58. The summed E-state index contributed by atoms with van der Waals surface area (Å²) in [4.78, 5) is 4.09. The van der Waals surface area contributed by atoms with Crippen LogP contribution in [-0.2, 0) is 4.74 Å². The summed E-state index contributed by atoms with van der Waals surface area (Å²) >= 11 is 0. The van der Waals surface area contributed by atoms with Crippen LogP contribution in [0.1, 0.15) is 19.0 Å². The van der Waals surface area contributed by atoms with Crippen molar-refractivity contribution in [2.45, 2.75) is 13.3 Å². The van der Waals surface area contributed by atoms with E-state index in [9.17, 15) is 0 Å². The molecule has 0 aliphatic heterocycles. The Morgan fingerprint density at radius 2 is 2.50 bits per heavy atom. The van der Waals surface area contributed by atoms with Gasteiger partial charge in [0.1, 0.15) is 0 Å². The van der Waals surface area contributed by atoms with Crippen molar-refractivity contribution in [2.75, 3.05) is 13.7 Å². The lowest BCUT2D eigenvalue weighted by Gasteiger charge is -2.14. The summed E-state index contributed by atoms with van der Waals surface area (Å²) in [6, 6.07) is 6.42. The van der Waals surface area contributed by atoms with Gasteiger partial charge in [-0.1, -0.05) is 13.0 Å². The summed E-state index contributed by atoms with van der Waals surface area (Å²) in [5, 5.41) is 7.93. The summed E-state index contributed by atoms with van der Waals surface area (Å²) < 4.78 is 5.06. The molecule has 3 nitrogen and oxygen atoms in total. The Balaban J connectivity index is 2.73. The van der Waals surface area contributed by atoms with E-state index in [0.29, 0.717) is 18.0 Å². The molecule has 0 saturated heterocycles. The Morgan fingerprint density at radius 3 is 3.00 bits per heavy atom. The molecule has 1 N–H and O–H groups in total. The first kappa shape index (κ1) is 10.9. The first-order valence-electron chi connectivity index (χ1n) is 4.69. The van der Waals surface area contributed by atoms with Gasteiger partial charge < -0.3 is 10.1 Å². The molecule has 0 aliphatic rings. The number of hydrogen-bond donors (Lipinski definition) is 1. The number of hydrogen-bond acceptors (Lipinski definition) is 3. The fourth-order valence-electron chi connectivity index (χ4n) is 1.29. The molecule has 14 heavy (non-hydrogen) atoms. The van der Waals surface area contributed by atoms with Crippen LogP contribution >= 0.6 is 0 Å². The molecule has 75 valence electrons. The van der Waals surface area contributed by atoms with Gasteiger partial charge in [0, 0.05) is 25.3 Å². The van der Waals surface area contributed by atoms with E-state index in [1.807, 2.05) is 6.92 Å². The third-order valence-electron chi connectivity index (χ3n) is 2.16. The van der Waals surface area contributed by atoms with E-state index < -0.39 is 0 Å². The SMILES string of the molecule is CC[C@@H](COC)C(=N)c1cc[c]cn1. The van der Waals surface area contributed by atoms with E-state index in [1.54, 1.807) is 25.4 Å². The highest BCUT2D eigenvalue weighted by Crippen LogP contribution is 2.10. The molecule has 1 rings (SSSR count). The lowest BCUT2D eigenvalue weighted by molar-refractivity contribution is 0.174. The van der Waals surface area contributed by atoms with E-state index in [4.69, 9.17) is 10.1 Å². The fraction of sp³-hybridized carbons (Fsp3) is 0.455. The Labute approximate surface area is 84.6 Å². The standard InChI is InChI=1S/C11H15N2O/c1-3-9(8-14-2)11(12)10-6-4-5-7-13-10/h4,6-7,9,12H,3,8H2,1-2H3/t9-/m0/s1. The fourth-order valence-corrected chi connectivity index (χ4v) is 1.29. The summed E-state index contributed by atoms with van der Waals surface area (Å²) in [5.74, 6) is 0.134. The highest BCUT2D eigenvalue weighted by molar-refractivity contribution is 5.98. The van der Waals surface area contributed by atoms with Crippen LogP contribution in [0.5, 0.6) is 0 Å². The number of nitrogens with zero attached hydrogens (tertiary/aromatic N) is 1. The number of nitrogens with one attached hydrogen (secondary N) is 1. The van der Waals surface area contributed by atoms with Crippen molar-refractivity contribution >= 4 is 5.71 Å². The van der Waals surface area contributed by atoms with Crippen molar-refractivity contribution in [3.05, 3.63) is 30.1 Å². The second-order valence-electron chi connectivity index (χ2n) is 3.12. The summed E-state index contributed by atoms with van der Waals surface area (Å²) in [6.07, 6.45) is 2.48. The van der Waals surface area contributed by atoms with E-state index in [1.165, 1.54) is 0 Å². The average Bonchev–Trinajstić information content (AvgIpc) is 2.26. The molecular weight excluding hydrogens is 176 g/mol. The molecule has 0 spiro atoms. The molecule has 0 aromatic carbocycles. The van der Waals surface area contributed by atoms with Gasteiger partial charge in [-0.3, -0.25) is 4.98 Å². The summed E-state index contributed by atoms with van der Waals surface area (Å²) in [5.41, 5.74) is 1.26. The van der Waals surface area contributed by atoms with Gasteiger partial charge in [0.25, 0.3) is 0 Å². The molecule has 0 amide bonds. The maximum atomic E-state index is 7.93. The molecule has 1 aromatic heterocycles. The Hall–Kier alpha value is -1.22. The molecule has 3 heteroatoms. The molecule has 1 atom stereocenters. The topological polar surface area (TPSA) is 46.0 Å². The van der Waals surface area contributed by atoms with Crippen molar-refractivity contribution in [1.29, 1.82) is 5.41 Å². The summed E-state index contributed by atoms with van der Waals surface area (Å²) in [6.45, 7) is 2.63. The molecule has 1 heterocycles. The molecule has 0 bridgehead atoms. The number of methoxy groups -OCH3 is 1. The molecule has 0 saturated carbocycles. The minimum atomic E-state index is 0.134. The third kappa shape index (κ3) is 2.64. The van der Waals surface area contributed by atoms with Gasteiger partial charge in [-0.05, 0) is 12.5 Å². The smallest absolute Gasteiger partial charge is 0.0841 e. The van der Waals surface area contributed by atoms with Gasteiger partial charge in [0.05, 0.1) is 18.0 Å². The van der Waals surface area contributed by atoms with Crippen molar-refractivity contribution in [3.8, 4) is 0 Å². The zero-order chi connectivity index (χ0) is 10.4. The van der Waals surface area contributed by atoms with Crippen LogP contribution in [0.25, 0.3) is 0 Å². The minimum absolute atomic E-state index is 0.134. The molecule has 0 unspecified atom stereocenters. The van der Waals surface area contributed by atoms with Crippen LogP contribution in [0.4, 0.5) is 0 Å². The minimum Gasteiger partial charge on any atom is -0.384 e. The van der Waals surface area contributed by atoms with Crippen LogP contribution in [-0.4, -0.2) is 24.4 Å². The van der Waals surface area contributed by atoms with Gasteiger partial charge in [-0.25, -0.2) is 0 Å². The van der Waals surface area contributed by atoms with Gasteiger partial charge >= 0.3 is 0 Å². The largest absolute Gasteiger partial charge is 0.384 e. The van der Waals surface area contributed by atoms with E-state index in [2.05, 4.69) is 11.1 Å². The molecule has 0 fully saturated rings. The van der Waals surface area contributed by atoms with E-state index in [0.717, 1.165) is 6.42 Å². The number of pyridine rings is 1. The first-order chi connectivity index (χ1) is 6.79. The predicted molar refractivity (Wildman–Crippen MR) is 55.6 cm³/mol. The normalized spacial score (nSPS) is 12.4. The van der Waals surface area contributed by atoms with Crippen molar-refractivity contribution in [3.63, 3.8) is 0 Å². The zero-order valence-corrected chi connectivity index (χ0v) is 8.58. The average molecular weight is 191 g/mol. The molecule has 1 aromatic rings. The van der Waals surface area contributed by atoms with Gasteiger partial charge in [-0.2, -0.15) is 0 Å². The quantitative estimate of drug-likeness (QED) is 0.723. The predicted octanol–water partition coefficient (Wildman–Crippen LogP) is 1.92. The van der Waals surface area contributed by atoms with Crippen LogP contribution < -0.4 is 0 Å². The number of aromatic nitrogens is 1. The maximum Gasteiger partial charge on any atom is 0.0841 e. The van der Waals surface area contributed by atoms with Gasteiger partial charge in [-0.15, -0.1) is 0 Å². The van der Waals surface area contributed by atoms with Crippen LogP contribution in [0.15, 0.2) is 18.3 Å². The van der Waals surface area contributed by atoms with E-state index in [-0.39, 0.29) is 5.92 Å². The van der Waals surface area contributed by atoms with Crippen molar-refractivity contribution in [2.24, 2.45) is 5.92 Å². The highest BCUT2D eigenvalue weighted by atomic mass is 16.5. The first-order valence-corrected chi connectivity index (χ1v) is 4.69. The van der Waals surface area contributed by atoms with Crippen molar-refractivity contribution in [1.82, 2.24) is 4.98 Å². The third-order valence-corrected chi connectivity index (χ3v) is 2.16.